The minimum atomic E-state index is -4.98. The quantitative estimate of drug-likeness (QED) is 0.796. The normalized spacial score (nSPS) is 18.4. The first-order chi connectivity index (χ1) is 8.79. The molecular weight excluding hydrogens is 271 g/mol. The van der Waals surface area contributed by atoms with Gasteiger partial charge in [0.25, 0.3) is 0 Å². The topological polar surface area (TPSA) is 93.4 Å². The third-order valence-corrected chi connectivity index (χ3v) is 2.43. The van der Waals surface area contributed by atoms with Crippen LogP contribution >= 0.6 is 0 Å². The molecule has 1 aliphatic rings. The van der Waals surface area contributed by atoms with Crippen LogP contribution in [0, 0.1) is 0 Å². The van der Waals surface area contributed by atoms with Gasteiger partial charge in [-0.25, -0.2) is 9.48 Å². The second-order valence-electron chi connectivity index (χ2n) is 3.83. The molecule has 1 unspecified atom stereocenters. The van der Waals surface area contributed by atoms with Gasteiger partial charge in [-0.3, -0.25) is 4.79 Å². The van der Waals surface area contributed by atoms with Crippen molar-refractivity contribution in [2.45, 2.75) is 18.8 Å². The summed E-state index contributed by atoms with van der Waals surface area (Å²) in [6, 6.07) is -0.928. The Kier molecular flexibility index (Phi) is 3.08. The van der Waals surface area contributed by atoms with Crippen LogP contribution in [0.15, 0.2) is 6.20 Å². The van der Waals surface area contributed by atoms with Crippen molar-refractivity contribution in [2.75, 3.05) is 6.61 Å². The van der Waals surface area contributed by atoms with Gasteiger partial charge >= 0.3 is 18.1 Å². The number of rotatable bonds is 2. The number of carbonyl (C=O) groups excluding carboxylic acids is 1. The molecule has 1 aromatic heterocycles. The second-order valence-corrected chi connectivity index (χ2v) is 3.83. The summed E-state index contributed by atoms with van der Waals surface area (Å²) in [6.07, 6.45) is -3.94. The fraction of sp³-hybridized carbons (Fsp3) is 0.444. The predicted octanol–water partition coefficient (Wildman–Crippen LogP) is 0.0208. The Balaban J connectivity index is 2.07. The summed E-state index contributed by atoms with van der Waals surface area (Å²) in [5.74, 6) is -3.36. The van der Waals surface area contributed by atoms with E-state index in [4.69, 9.17) is 9.84 Å². The zero-order chi connectivity index (χ0) is 14.2. The Bertz CT molecular complexity index is 525. The number of aromatic carboxylic acids is 1. The number of hydrogen-bond donors (Lipinski definition) is 2. The fourth-order valence-corrected chi connectivity index (χ4v) is 1.60. The molecule has 0 saturated heterocycles. The molecule has 2 rings (SSSR count). The molecule has 1 aliphatic heterocycles. The van der Waals surface area contributed by atoms with Gasteiger partial charge < -0.3 is 15.2 Å². The Morgan fingerprint density at radius 3 is 2.79 bits per heavy atom. The molecule has 0 aromatic carbocycles. The third kappa shape index (κ3) is 2.61. The van der Waals surface area contributed by atoms with Crippen molar-refractivity contribution in [3.05, 3.63) is 11.8 Å². The smallest absolute Gasteiger partial charge is 0.471 e. The summed E-state index contributed by atoms with van der Waals surface area (Å²) < 4.78 is 42.3. The van der Waals surface area contributed by atoms with E-state index in [0.29, 0.717) is 0 Å². The Morgan fingerprint density at radius 1 is 1.53 bits per heavy atom. The van der Waals surface area contributed by atoms with Crippen LogP contribution in [-0.4, -0.2) is 45.6 Å². The first-order valence-electron chi connectivity index (χ1n) is 5.08. The summed E-state index contributed by atoms with van der Waals surface area (Å²) in [7, 11) is 0. The molecule has 104 valence electrons. The standard InChI is InChI=1S/C9H8F3N3O4/c10-9(11,12)8(18)14-4-2-15-6(19-3-4)5(1-13-15)7(16)17/h1,4H,2-3H2,(H,14,18)(H,16,17). The van der Waals surface area contributed by atoms with E-state index in [1.807, 2.05) is 0 Å². The predicted molar refractivity (Wildman–Crippen MR) is 52.7 cm³/mol. The van der Waals surface area contributed by atoms with Crippen LogP contribution in [0.3, 0.4) is 0 Å². The summed E-state index contributed by atoms with van der Waals surface area (Å²) >= 11 is 0. The summed E-state index contributed by atoms with van der Waals surface area (Å²) in [6.45, 7) is -0.349. The minimum Gasteiger partial charge on any atom is -0.477 e. The number of alkyl halides is 3. The average molecular weight is 279 g/mol. The summed E-state index contributed by atoms with van der Waals surface area (Å²) in [5.41, 5.74) is -0.180. The second kappa shape index (κ2) is 4.44. The lowest BCUT2D eigenvalue weighted by molar-refractivity contribution is -0.174. The molecule has 1 atom stereocenters. The Labute approximate surface area is 103 Å². The molecule has 0 saturated carbocycles. The highest BCUT2D eigenvalue weighted by Crippen LogP contribution is 2.23. The van der Waals surface area contributed by atoms with Gasteiger partial charge in [0.05, 0.1) is 18.8 Å². The lowest BCUT2D eigenvalue weighted by atomic mass is 10.2. The van der Waals surface area contributed by atoms with E-state index >= 15 is 0 Å². The monoisotopic (exact) mass is 279 g/mol. The molecule has 2 N–H and O–H groups in total. The molecule has 0 fully saturated rings. The van der Waals surface area contributed by atoms with Crippen LogP contribution in [0.1, 0.15) is 10.4 Å². The van der Waals surface area contributed by atoms with Crippen molar-refractivity contribution < 1.29 is 32.6 Å². The number of halogens is 3. The number of carboxylic acid groups (broad SMARTS) is 1. The lowest BCUT2D eigenvalue weighted by Gasteiger charge is -2.25. The van der Waals surface area contributed by atoms with Gasteiger partial charge in [-0.1, -0.05) is 0 Å². The average Bonchev–Trinajstić information content (AvgIpc) is 2.70. The van der Waals surface area contributed by atoms with Crippen LogP contribution in [0.2, 0.25) is 0 Å². The zero-order valence-electron chi connectivity index (χ0n) is 9.27. The minimum absolute atomic E-state index is 0.0370. The van der Waals surface area contributed by atoms with E-state index in [1.54, 1.807) is 5.32 Å². The first-order valence-corrected chi connectivity index (χ1v) is 5.08. The van der Waals surface area contributed by atoms with E-state index in [9.17, 15) is 22.8 Å². The van der Waals surface area contributed by atoms with Gasteiger partial charge in [-0.05, 0) is 0 Å². The van der Waals surface area contributed by atoms with Gasteiger partial charge in [0.2, 0.25) is 5.88 Å². The number of carboxylic acids is 1. The Morgan fingerprint density at radius 2 is 2.21 bits per heavy atom. The van der Waals surface area contributed by atoms with E-state index in [-0.39, 0.29) is 24.6 Å². The summed E-state index contributed by atoms with van der Waals surface area (Å²) in [5, 5.41) is 14.2. The number of amides is 1. The highest BCUT2D eigenvalue weighted by Gasteiger charge is 2.40. The van der Waals surface area contributed by atoms with E-state index in [2.05, 4.69) is 5.10 Å². The van der Waals surface area contributed by atoms with Crippen LogP contribution < -0.4 is 10.1 Å². The van der Waals surface area contributed by atoms with E-state index in [1.165, 1.54) is 0 Å². The molecule has 10 heteroatoms. The maximum Gasteiger partial charge on any atom is 0.471 e. The van der Waals surface area contributed by atoms with Crippen LogP contribution in [0.25, 0.3) is 0 Å². The molecular formula is C9H8F3N3O4. The van der Waals surface area contributed by atoms with Gasteiger partial charge in [0, 0.05) is 0 Å². The molecule has 0 bridgehead atoms. The van der Waals surface area contributed by atoms with Crippen molar-refractivity contribution in [1.29, 1.82) is 0 Å². The highest BCUT2D eigenvalue weighted by molar-refractivity contribution is 5.90. The Hall–Kier alpha value is -2.26. The number of aromatic nitrogens is 2. The number of fused-ring (bicyclic) bond motifs is 1. The van der Waals surface area contributed by atoms with E-state index < -0.39 is 24.1 Å². The van der Waals surface area contributed by atoms with Gasteiger partial charge in [-0.2, -0.15) is 18.3 Å². The van der Waals surface area contributed by atoms with Crippen molar-refractivity contribution in [3.63, 3.8) is 0 Å². The van der Waals surface area contributed by atoms with Gasteiger partial charge in [0.1, 0.15) is 12.2 Å². The molecule has 7 nitrogen and oxygen atoms in total. The number of hydrogen-bond acceptors (Lipinski definition) is 4. The highest BCUT2D eigenvalue weighted by atomic mass is 19.4. The van der Waals surface area contributed by atoms with Crippen molar-refractivity contribution >= 4 is 11.9 Å². The maximum absolute atomic E-state index is 12.1. The number of nitrogens with zero attached hydrogens (tertiary/aromatic N) is 2. The molecule has 0 radical (unpaired) electrons. The number of carbonyl (C=O) groups is 2. The molecule has 1 aromatic rings. The number of nitrogens with one attached hydrogen (secondary N) is 1. The van der Waals surface area contributed by atoms with Crippen LogP contribution in [-0.2, 0) is 11.3 Å². The molecule has 19 heavy (non-hydrogen) atoms. The van der Waals surface area contributed by atoms with Crippen molar-refractivity contribution in [3.8, 4) is 5.88 Å². The summed E-state index contributed by atoms with van der Waals surface area (Å²) in [4.78, 5) is 21.5. The third-order valence-electron chi connectivity index (χ3n) is 2.43. The first kappa shape index (κ1) is 13.2. The lowest BCUT2D eigenvalue weighted by Crippen LogP contribution is -2.49. The molecule has 1 amide bonds. The van der Waals surface area contributed by atoms with Gasteiger partial charge in [-0.15, -0.1) is 0 Å². The molecule has 0 aliphatic carbocycles. The van der Waals surface area contributed by atoms with Crippen molar-refractivity contribution in [1.82, 2.24) is 15.1 Å². The van der Waals surface area contributed by atoms with Crippen LogP contribution in [0.4, 0.5) is 13.2 Å². The van der Waals surface area contributed by atoms with Crippen molar-refractivity contribution in [2.24, 2.45) is 0 Å². The van der Waals surface area contributed by atoms with E-state index in [0.717, 1.165) is 10.9 Å². The molecule has 0 spiro atoms. The van der Waals surface area contributed by atoms with Gasteiger partial charge in [0.15, 0.2) is 0 Å². The van der Waals surface area contributed by atoms with Crippen LogP contribution in [0.5, 0.6) is 5.88 Å². The number of ether oxygens (including phenoxy) is 1. The maximum atomic E-state index is 12.1. The fourth-order valence-electron chi connectivity index (χ4n) is 1.60. The SMILES string of the molecule is O=C(O)c1cnn2c1OCC(NC(=O)C(F)(F)F)C2. The zero-order valence-corrected chi connectivity index (χ0v) is 9.27. The molecule has 2 heterocycles. The largest absolute Gasteiger partial charge is 0.477 e.